The molecule has 1 saturated heterocycles. The van der Waals surface area contributed by atoms with E-state index in [0.717, 1.165) is 0 Å². The van der Waals surface area contributed by atoms with Gasteiger partial charge in [-0.25, -0.2) is 13.6 Å². The molecular weight excluding hydrogens is 186 g/mol. The normalized spacial score (nSPS) is 26.0. The second kappa shape index (κ2) is 2.82. The van der Waals surface area contributed by atoms with Gasteiger partial charge in [0.1, 0.15) is 6.04 Å². The van der Waals surface area contributed by atoms with Crippen LogP contribution in [0.4, 0.5) is 13.6 Å². The van der Waals surface area contributed by atoms with Crippen molar-refractivity contribution < 1.29 is 23.5 Å². The molecule has 0 aromatic heterocycles. The summed E-state index contributed by atoms with van der Waals surface area (Å²) in [4.78, 5) is 21.3. The van der Waals surface area contributed by atoms with Crippen molar-refractivity contribution in [2.24, 2.45) is 5.73 Å². The van der Waals surface area contributed by atoms with E-state index in [1.165, 1.54) is 0 Å². The SMILES string of the molecule is NC(=O)C1CC(F)(F)CN1C(=O)O. The van der Waals surface area contributed by atoms with Gasteiger partial charge in [0.05, 0.1) is 6.54 Å². The molecule has 74 valence electrons. The lowest BCUT2D eigenvalue weighted by atomic mass is 10.2. The number of carbonyl (C=O) groups is 2. The predicted molar refractivity (Wildman–Crippen MR) is 37.3 cm³/mol. The molecule has 1 fully saturated rings. The van der Waals surface area contributed by atoms with Gasteiger partial charge in [0.15, 0.2) is 0 Å². The van der Waals surface area contributed by atoms with Crippen LogP contribution in [-0.4, -0.2) is 40.5 Å². The maximum Gasteiger partial charge on any atom is 0.408 e. The van der Waals surface area contributed by atoms with E-state index in [1.54, 1.807) is 0 Å². The Kier molecular flexibility index (Phi) is 2.10. The summed E-state index contributed by atoms with van der Waals surface area (Å²) >= 11 is 0. The molecule has 13 heavy (non-hydrogen) atoms. The highest BCUT2D eigenvalue weighted by Crippen LogP contribution is 2.31. The monoisotopic (exact) mass is 194 g/mol. The van der Waals surface area contributed by atoms with E-state index in [0.29, 0.717) is 4.90 Å². The third kappa shape index (κ3) is 1.85. The fourth-order valence-corrected chi connectivity index (χ4v) is 1.27. The summed E-state index contributed by atoms with van der Waals surface area (Å²) in [6.45, 7) is -0.962. The highest BCUT2D eigenvalue weighted by atomic mass is 19.3. The summed E-state index contributed by atoms with van der Waals surface area (Å²) in [5.74, 6) is -4.20. The maximum absolute atomic E-state index is 12.7. The molecule has 0 aliphatic carbocycles. The van der Waals surface area contributed by atoms with Gasteiger partial charge < -0.3 is 10.8 Å². The van der Waals surface area contributed by atoms with E-state index in [4.69, 9.17) is 10.8 Å². The smallest absolute Gasteiger partial charge is 0.408 e. The zero-order chi connectivity index (χ0) is 10.2. The van der Waals surface area contributed by atoms with Gasteiger partial charge in [0.2, 0.25) is 5.91 Å². The van der Waals surface area contributed by atoms with Gasteiger partial charge in [-0.3, -0.25) is 9.69 Å². The first-order valence-corrected chi connectivity index (χ1v) is 3.50. The minimum atomic E-state index is -3.15. The van der Waals surface area contributed by atoms with Crippen LogP contribution in [0.25, 0.3) is 0 Å². The number of carbonyl (C=O) groups excluding carboxylic acids is 1. The molecule has 0 aromatic carbocycles. The van der Waals surface area contributed by atoms with Gasteiger partial charge in [-0.05, 0) is 0 Å². The minimum absolute atomic E-state index is 0.363. The fraction of sp³-hybridized carbons (Fsp3) is 0.667. The Balaban J connectivity index is 2.83. The number of alkyl halides is 2. The molecule has 1 unspecified atom stereocenters. The van der Waals surface area contributed by atoms with E-state index in [2.05, 4.69) is 0 Å². The van der Waals surface area contributed by atoms with Crippen LogP contribution in [0, 0.1) is 0 Å². The third-order valence-corrected chi connectivity index (χ3v) is 1.84. The number of nitrogens with two attached hydrogens (primary N) is 1. The van der Waals surface area contributed by atoms with Gasteiger partial charge in [0.25, 0.3) is 5.92 Å². The molecule has 0 bridgehead atoms. The number of rotatable bonds is 1. The molecule has 0 spiro atoms. The van der Waals surface area contributed by atoms with E-state index in [1.807, 2.05) is 0 Å². The molecule has 1 atom stereocenters. The molecular formula is C6H8F2N2O3. The van der Waals surface area contributed by atoms with Crippen molar-refractivity contribution >= 4 is 12.0 Å². The summed E-state index contributed by atoms with van der Waals surface area (Å²) in [7, 11) is 0. The van der Waals surface area contributed by atoms with Crippen molar-refractivity contribution in [3.05, 3.63) is 0 Å². The first kappa shape index (κ1) is 9.69. The van der Waals surface area contributed by atoms with Crippen LogP contribution in [-0.2, 0) is 4.79 Å². The second-order valence-electron chi connectivity index (χ2n) is 2.89. The third-order valence-electron chi connectivity index (χ3n) is 1.84. The van der Waals surface area contributed by atoms with E-state index >= 15 is 0 Å². The fourth-order valence-electron chi connectivity index (χ4n) is 1.27. The van der Waals surface area contributed by atoms with Crippen LogP contribution in [0.2, 0.25) is 0 Å². The van der Waals surface area contributed by atoms with Gasteiger partial charge in [-0.2, -0.15) is 0 Å². The number of carboxylic acid groups (broad SMARTS) is 1. The zero-order valence-electron chi connectivity index (χ0n) is 6.54. The van der Waals surface area contributed by atoms with Crippen LogP contribution in [0.5, 0.6) is 0 Å². The van der Waals surface area contributed by atoms with E-state index in [9.17, 15) is 18.4 Å². The quantitative estimate of drug-likeness (QED) is 0.609. The number of amides is 2. The topological polar surface area (TPSA) is 83.6 Å². The molecule has 3 N–H and O–H groups in total. The average Bonchev–Trinajstić information content (AvgIpc) is 2.26. The maximum atomic E-state index is 12.7. The summed E-state index contributed by atoms with van der Waals surface area (Å²) in [6, 6.07) is -1.41. The Morgan fingerprint density at radius 2 is 2.08 bits per heavy atom. The van der Waals surface area contributed by atoms with Gasteiger partial charge in [-0.15, -0.1) is 0 Å². The average molecular weight is 194 g/mol. The number of hydrogen-bond acceptors (Lipinski definition) is 2. The lowest BCUT2D eigenvalue weighted by Gasteiger charge is -2.16. The largest absolute Gasteiger partial charge is 0.465 e. The van der Waals surface area contributed by atoms with Crippen molar-refractivity contribution in [1.82, 2.24) is 4.90 Å². The van der Waals surface area contributed by atoms with Crippen LogP contribution in [0.3, 0.4) is 0 Å². The van der Waals surface area contributed by atoms with E-state index < -0.39 is 36.9 Å². The Morgan fingerprint density at radius 3 is 2.38 bits per heavy atom. The van der Waals surface area contributed by atoms with Gasteiger partial charge in [-0.1, -0.05) is 0 Å². The molecule has 2 amide bonds. The molecule has 1 aliphatic heterocycles. The van der Waals surface area contributed by atoms with Crippen LogP contribution in [0.1, 0.15) is 6.42 Å². The zero-order valence-corrected chi connectivity index (χ0v) is 6.54. The van der Waals surface area contributed by atoms with Crippen molar-refractivity contribution in [1.29, 1.82) is 0 Å². The van der Waals surface area contributed by atoms with Crippen LogP contribution in [0.15, 0.2) is 0 Å². The Hall–Kier alpha value is -1.40. The second-order valence-corrected chi connectivity index (χ2v) is 2.89. The van der Waals surface area contributed by atoms with Crippen molar-refractivity contribution in [3.63, 3.8) is 0 Å². The van der Waals surface area contributed by atoms with E-state index in [-0.39, 0.29) is 0 Å². The molecule has 1 aliphatic rings. The number of likely N-dealkylation sites (tertiary alicyclic amines) is 1. The lowest BCUT2D eigenvalue weighted by Crippen LogP contribution is -2.43. The lowest BCUT2D eigenvalue weighted by molar-refractivity contribution is -0.122. The number of primary amides is 1. The van der Waals surface area contributed by atoms with Crippen LogP contribution >= 0.6 is 0 Å². The number of hydrogen-bond donors (Lipinski definition) is 2. The van der Waals surface area contributed by atoms with Crippen molar-refractivity contribution in [3.8, 4) is 0 Å². The highest BCUT2D eigenvalue weighted by Gasteiger charge is 2.49. The Labute approximate surface area is 72.1 Å². The molecule has 0 radical (unpaired) electrons. The molecule has 1 heterocycles. The highest BCUT2D eigenvalue weighted by molar-refractivity contribution is 5.84. The molecule has 1 rings (SSSR count). The van der Waals surface area contributed by atoms with Gasteiger partial charge in [0, 0.05) is 6.42 Å². The molecule has 0 aromatic rings. The molecule has 5 nitrogen and oxygen atoms in total. The predicted octanol–water partition coefficient (Wildman–Crippen LogP) is -0.141. The Bertz CT molecular complexity index is 232. The van der Waals surface area contributed by atoms with Crippen LogP contribution < -0.4 is 5.73 Å². The number of halogens is 2. The molecule has 7 heteroatoms. The first-order chi connectivity index (χ1) is 5.83. The standard InChI is InChI=1S/C6H8F2N2O3/c7-6(8)1-3(4(9)11)10(2-6)5(12)13/h3H,1-2H2,(H2,9,11)(H,12,13). The first-order valence-electron chi connectivity index (χ1n) is 3.50. The van der Waals surface area contributed by atoms with Gasteiger partial charge >= 0.3 is 6.09 Å². The minimum Gasteiger partial charge on any atom is -0.465 e. The molecule has 0 saturated carbocycles. The van der Waals surface area contributed by atoms with Crippen molar-refractivity contribution in [2.45, 2.75) is 18.4 Å². The summed E-state index contributed by atoms with van der Waals surface area (Å²) < 4.78 is 25.3. The summed E-state index contributed by atoms with van der Waals surface area (Å²) in [6.07, 6.45) is -2.38. The summed E-state index contributed by atoms with van der Waals surface area (Å²) in [5.41, 5.74) is 4.77. The van der Waals surface area contributed by atoms with Crippen molar-refractivity contribution in [2.75, 3.05) is 6.54 Å². The summed E-state index contributed by atoms with van der Waals surface area (Å²) in [5, 5.41) is 8.45. The Morgan fingerprint density at radius 1 is 1.54 bits per heavy atom. The number of nitrogens with zero attached hydrogens (tertiary/aromatic N) is 1.